The minimum Gasteiger partial charge on any atom is -0.295 e. The molecule has 5 heteroatoms. The molecule has 0 amide bonds. The van der Waals surface area contributed by atoms with E-state index in [1.807, 2.05) is 0 Å². The van der Waals surface area contributed by atoms with Crippen LogP contribution in [0.3, 0.4) is 0 Å². The van der Waals surface area contributed by atoms with Gasteiger partial charge in [0.1, 0.15) is 0 Å². The van der Waals surface area contributed by atoms with Crippen molar-refractivity contribution in [3.8, 4) is 0 Å². The number of fused-ring (bicyclic) bond motifs is 2. The summed E-state index contributed by atoms with van der Waals surface area (Å²) in [6.45, 7) is 0. The van der Waals surface area contributed by atoms with Crippen molar-refractivity contribution in [3.05, 3.63) is 82.4 Å². The van der Waals surface area contributed by atoms with Crippen molar-refractivity contribution in [2.24, 2.45) is 0 Å². The maximum atomic E-state index is 13.2. The van der Waals surface area contributed by atoms with Crippen molar-refractivity contribution in [3.63, 3.8) is 0 Å². The third kappa shape index (κ3) is 2.20. The van der Waals surface area contributed by atoms with Crippen LogP contribution in [-0.2, 0) is 15.0 Å². The molecular formula is C21H13BrO4. The quantitative estimate of drug-likeness (QED) is 0.610. The van der Waals surface area contributed by atoms with Crippen LogP contribution in [0.2, 0.25) is 0 Å². The van der Waals surface area contributed by atoms with Gasteiger partial charge in [-0.15, -0.1) is 0 Å². The Bertz CT molecular complexity index is 1030. The van der Waals surface area contributed by atoms with Crippen molar-refractivity contribution in [2.75, 3.05) is 5.33 Å². The van der Waals surface area contributed by atoms with Gasteiger partial charge in [-0.05, 0) is 17.7 Å². The zero-order valence-corrected chi connectivity index (χ0v) is 15.2. The number of alkyl halides is 1. The molecule has 0 fully saturated rings. The fourth-order valence-corrected chi connectivity index (χ4v) is 4.51. The third-order valence-corrected chi connectivity index (χ3v) is 6.02. The molecule has 0 bridgehead atoms. The van der Waals surface area contributed by atoms with E-state index < -0.39 is 5.41 Å². The fraction of sp³-hybridized carbons (Fsp3) is 0.143. The Morgan fingerprint density at radius 1 is 0.808 bits per heavy atom. The van der Waals surface area contributed by atoms with E-state index in [-0.39, 0.29) is 46.0 Å². The van der Waals surface area contributed by atoms with Gasteiger partial charge in [-0.2, -0.15) is 0 Å². The maximum absolute atomic E-state index is 13.2. The SMILES string of the molecule is O=C1C=CC(=O)C(CBr)(c2cccc3c2C(=O)c2ccccc2C3=O)C1. The Balaban J connectivity index is 2.01. The highest BCUT2D eigenvalue weighted by atomic mass is 79.9. The number of halogens is 1. The molecule has 0 spiro atoms. The van der Waals surface area contributed by atoms with Crippen LogP contribution in [0.15, 0.2) is 54.6 Å². The first-order chi connectivity index (χ1) is 12.5. The van der Waals surface area contributed by atoms with Gasteiger partial charge in [0.05, 0.1) is 5.41 Å². The summed E-state index contributed by atoms with van der Waals surface area (Å²) in [4.78, 5) is 50.9. The summed E-state index contributed by atoms with van der Waals surface area (Å²) in [5.74, 6) is -0.967. The Labute approximate surface area is 158 Å². The van der Waals surface area contributed by atoms with E-state index in [0.29, 0.717) is 16.7 Å². The second-order valence-corrected chi connectivity index (χ2v) is 7.05. The predicted octanol–water partition coefficient (Wildman–Crippen LogP) is 3.19. The lowest BCUT2D eigenvalue weighted by atomic mass is 9.67. The lowest BCUT2D eigenvalue weighted by Gasteiger charge is -2.34. The van der Waals surface area contributed by atoms with E-state index in [1.54, 1.807) is 42.5 Å². The van der Waals surface area contributed by atoms with E-state index in [1.165, 1.54) is 12.2 Å². The first kappa shape index (κ1) is 16.8. The van der Waals surface area contributed by atoms with Crippen molar-refractivity contribution < 1.29 is 19.2 Å². The smallest absolute Gasteiger partial charge is 0.194 e. The highest BCUT2D eigenvalue weighted by Crippen LogP contribution is 2.40. The summed E-state index contributed by atoms with van der Waals surface area (Å²) in [5, 5.41) is 0.189. The molecule has 2 aromatic rings. The summed E-state index contributed by atoms with van der Waals surface area (Å²) in [7, 11) is 0. The van der Waals surface area contributed by atoms with Gasteiger partial charge in [0.2, 0.25) is 0 Å². The second-order valence-electron chi connectivity index (χ2n) is 6.49. The molecule has 128 valence electrons. The largest absolute Gasteiger partial charge is 0.295 e. The number of benzene rings is 2. The fourth-order valence-electron chi connectivity index (χ4n) is 3.73. The number of rotatable bonds is 2. The second kappa shape index (κ2) is 5.95. The van der Waals surface area contributed by atoms with E-state index in [9.17, 15) is 19.2 Å². The first-order valence-corrected chi connectivity index (χ1v) is 9.25. The molecule has 2 aliphatic carbocycles. The third-order valence-electron chi connectivity index (χ3n) is 5.06. The molecular weight excluding hydrogens is 396 g/mol. The summed E-state index contributed by atoms with van der Waals surface area (Å²) in [6.07, 6.45) is 2.49. The number of carbonyl (C=O) groups is 4. The molecule has 1 unspecified atom stereocenters. The highest BCUT2D eigenvalue weighted by Gasteiger charge is 2.45. The van der Waals surface area contributed by atoms with Crippen LogP contribution >= 0.6 is 15.9 Å². The van der Waals surface area contributed by atoms with Crippen LogP contribution in [0, 0.1) is 0 Å². The molecule has 1 atom stereocenters. The maximum Gasteiger partial charge on any atom is 0.194 e. The topological polar surface area (TPSA) is 68.3 Å². The Hall–Kier alpha value is -2.66. The van der Waals surface area contributed by atoms with Crippen LogP contribution < -0.4 is 0 Å². The molecule has 0 saturated carbocycles. The van der Waals surface area contributed by atoms with Crippen LogP contribution in [-0.4, -0.2) is 28.5 Å². The molecule has 2 aromatic carbocycles. The lowest BCUT2D eigenvalue weighted by molar-refractivity contribution is -0.125. The lowest BCUT2D eigenvalue weighted by Crippen LogP contribution is -2.43. The summed E-state index contributed by atoms with van der Waals surface area (Å²) >= 11 is 3.36. The molecule has 2 aliphatic rings. The minimum absolute atomic E-state index is 0.0346. The predicted molar refractivity (Wildman–Crippen MR) is 99.0 cm³/mol. The number of allylic oxidation sites excluding steroid dienone is 2. The van der Waals surface area contributed by atoms with Crippen molar-refractivity contribution in [2.45, 2.75) is 11.8 Å². The van der Waals surface area contributed by atoms with E-state index in [2.05, 4.69) is 15.9 Å². The highest BCUT2D eigenvalue weighted by molar-refractivity contribution is 9.09. The molecule has 26 heavy (non-hydrogen) atoms. The normalized spacial score (nSPS) is 21.6. The van der Waals surface area contributed by atoms with Gasteiger partial charge >= 0.3 is 0 Å². The molecule has 0 radical (unpaired) electrons. The molecule has 4 rings (SSSR count). The molecule has 0 aromatic heterocycles. The van der Waals surface area contributed by atoms with Crippen LogP contribution in [0.1, 0.15) is 43.8 Å². The van der Waals surface area contributed by atoms with Gasteiger partial charge in [-0.3, -0.25) is 19.2 Å². The molecule has 0 heterocycles. The molecule has 0 N–H and O–H groups in total. The Morgan fingerprint density at radius 3 is 2.15 bits per heavy atom. The van der Waals surface area contributed by atoms with E-state index >= 15 is 0 Å². The van der Waals surface area contributed by atoms with E-state index in [0.717, 1.165) is 0 Å². The van der Waals surface area contributed by atoms with Gasteiger partial charge < -0.3 is 0 Å². The average molecular weight is 409 g/mol. The van der Waals surface area contributed by atoms with Gasteiger partial charge in [0.25, 0.3) is 0 Å². The summed E-state index contributed by atoms with van der Waals surface area (Å²) in [6, 6.07) is 11.6. The van der Waals surface area contributed by atoms with Gasteiger partial charge in [0, 0.05) is 34.0 Å². The van der Waals surface area contributed by atoms with Crippen LogP contribution in [0.5, 0.6) is 0 Å². The van der Waals surface area contributed by atoms with Crippen LogP contribution in [0.25, 0.3) is 0 Å². The number of hydrogen-bond donors (Lipinski definition) is 0. The molecule has 4 nitrogen and oxygen atoms in total. The zero-order chi connectivity index (χ0) is 18.5. The van der Waals surface area contributed by atoms with Gasteiger partial charge in [-0.25, -0.2) is 0 Å². The Kier molecular flexibility index (Phi) is 3.84. The molecule has 0 aliphatic heterocycles. The summed E-state index contributed by atoms with van der Waals surface area (Å²) in [5.41, 5.74) is 0.448. The zero-order valence-electron chi connectivity index (χ0n) is 13.6. The van der Waals surface area contributed by atoms with Crippen molar-refractivity contribution >= 4 is 39.1 Å². The monoisotopic (exact) mass is 408 g/mol. The number of carbonyl (C=O) groups excluding carboxylic acids is 4. The van der Waals surface area contributed by atoms with E-state index in [4.69, 9.17) is 0 Å². The number of hydrogen-bond acceptors (Lipinski definition) is 4. The Morgan fingerprint density at radius 2 is 1.46 bits per heavy atom. The standard InChI is InChI=1S/C21H13BrO4/c22-11-21(10-12(23)8-9-17(21)24)16-7-3-6-15-18(16)20(26)14-5-2-1-4-13(14)19(15)25/h1-9H,10-11H2. The van der Waals surface area contributed by atoms with Gasteiger partial charge in [-0.1, -0.05) is 58.4 Å². The summed E-state index contributed by atoms with van der Waals surface area (Å²) < 4.78 is 0. The number of ketones is 4. The van der Waals surface area contributed by atoms with Gasteiger partial charge in [0.15, 0.2) is 23.1 Å². The van der Waals surface area contributed by atoms with Crippen molar-refractivity contribution in [1.82, 2.24) is 0 Å². The van der Waals surface area contributed by atoms with Crippen LogP contribution in [0.4, 0.5) is 0 Å². The van der Waals surface area contributed by atoms with Crippen molar-refractivity contribution in [1.29, 1.82) is 0 Å². The first-order valence-electron chi connectivity index (χ1n) is 8.13. The minimum atomic E-state index is -1.18. The molecule has 0 saturated heterocycles. The average Bonchev–Trinajstić information content (AvgIpc) is 2.67.